The first-order valence-electron chi connectivity index (χ1n) is 16.6. The lowest BCUT2D eigenvalue weighted by Gasteiger charge is -2.25. The Morgan fingerprint density at radius 1 is 0.673 bits per heavy atom. The minimum atomic E-state index is -1.22. The number of carbonyl (C=O) groups excluding carboxylic acids is 8. The molecular formula is C31H51N11O10. The molecule has 21 heteroatoms. The standard InChI is InChI=1S/C31H51N11O10/c1-7-16(4)26(42-28(48)18(6)40-23(45)12-36-29(49)20(32)8-19-9-33-14-38-19)30(50)37-10-21(43)34-11-22(44)39-17(5)27(47)35-13-24(46)41-25(15(2)3)31(51)52/h9,14-18,20,25-26H,7-8,10-13,32H2,1-6H3,(H,33,38)(H,34,43)(H,35,47)(H,36,49)(H,37,50)(H,39,44)(H,40,45)(H,41,46)(H,42,48)(H,51,52)/t16-,17-,18-,20-,25-,26-/m0/s1. The lowest BCUT2D eigenvalue weighted by molar-refractivity contribution is -0.143. The molecule has 1 rings (SSSR count). The molecule has 0 aliphatic carbocycles. The summed E-state index contributed by atoms with van der Waals surface area (Å²) < 4.78 is 0. The van der Waals surface area contributed by atoms with Gasteiger partial charge >= 0.3 is 5.97 Å². The number of carboxylic acid groups (broad SMARTS) is 1. The number of aromatic nitrogens is 2. The molecule has 0 aromatic carbocycles. The maximum Gasteiger partial charge on any atom is 0.326 e. The summed E-state index contributed by atoms with van der Waals surface area (Å²) in [6.07, 6.45) is 3.59. The molecule has 0 fully saturated rings. The number of nitrogens with one attached hydrogen (secondary N) is 9. The zero-order valence-electron chi connectivity index (χ0n) is 30.1. The highest BCUT2D eigenvalue weighted by Crippen LogP contribution is 2.08. The Morgan fingerprint density at radius 3 is 1.69 bits per heavy atom. The first-order valence-corrected chi connectivity index (χ1v) is 16.6. The minimum Gasteiger partial charge on any atom is -0.480 e. The second-order valence-corrected chi connectivity index (χ2v) is 12.4. The fourth-order valence-electron chi connectivity index (χ4n) is 4.30. The summed E-state index contributed by atoms with van der Waals surface area (Å²) >= 11 is 0. The number of H-pyrrole nitrogens is 1. The number of carbonyl (C=O) groups is 9. The number of nitrogens with two attached hydrogens (primary N) is 1. The van der Waals surface area contributed by atoms with E-state index in [0.29, 0.717) is 12.1 Å². The van der Waals surface area contributed by atoms with Crippen LogP contribution in [0.4, 0.5) is 0 Å². The van der Waals surface area contributed by atoms with Gasteiger partial charge in [-0.05, 0) is 25.7 Å². The van der Waals surface area contributed by atoms with Crippen molar-refractivity contribution in [3.8, 4) is 0 Å². The van der Waals surface area contributed by atoms with E-state index >= 15 is 0 Å². The van der Waals surface area contributed by atoms with Crippen LogP contribution in [0.25, 0.3) is 0 Å². The first-order chi connectivity index (χ1) is 24.4. The van der Waals surface area contributed by atoms with Crippen molar-refractivity contribution in [2.24, 2.45) is 17.6 Å². The van der Waals surface area contributed by atoms with Crippen molar-refractivity contribution in [2.75, 3.05) is 26.2 Å². The molecule has 0 unspecified atom stereocenters. The van der Waals surface area contributed by atoms with Gasteiger partial charge in [-0.1, -0.05) is 34.1 Å². The third kappa shape index (κ3) is 16.4. The number of nitrogens with zero attached hydrogens (tertiary/aromatic N) is 1. The van der Waals surface area contributed by atoms with E-state index in [1.807, 2.05) is 0 Å². The van der Waals surface area contributed by atoms with Crippen LogP contribution in [-0.4, -0.2) is 125 Å². The smallest absolute Gasteiger partial charge is 0.326 e. The largest absolute Gasteiger partial charge is 0.480 e. The fraction of sp³-hybridized carbons (Fsp3) is 0.613. The highest BCUT2D eigenvalue weighted by Gasteiger charge is 2.29. The molecule has 8 amide bonds. The summed E-state index contributed by atoms with van der Waals surface area (Å²) in [6.45, 7) is 7.32. The number of aliphatic carboxylic acids is 1. The third-order valence-electron chi connectivity index (χ3n) is 7.63. The summed E-state index contributed by atoms with van der Waals surface area (Å²) in [4.78, 5) is 117. The lowest BCUT2D eigenvalue weighted by atomic mass is 9.98. The Kier molecular flexibility index (Phi) is 19.0. The van der Waals surface area contributed by atoms with Gasteiger partial charge in [0.25, 0.3) is 0 Å². The van der Waals surface area contributed by atoms with Gasteiger partial charge in [0, 0.05) is 18.3 Å². The fourth-order valence-corrected chi connectivity index (χ4v) is 4.30. The molecule has 0 saturated carbocycles. The Balaban J connectivity index is 2.49. The van der Waals surface area contributed by atoms with E-state index in [2.05, 4.69) is 52.5 Å². The van der Waals surface area contributed by atoms with E-state index in [1.54, 1.807) is 27.7 Å². The molecule has 0 aliphatic heterocycles. The van der Waals surface area contributed by atoms with E-state index in [1.165, 1.54) is 26.4 Å². The van der Waals surface area contributed by atoms with E-state index in [9.17, 15) is 43.2 Å². The molecule has 0 bridgehead atoms. The topological polar surface area (TPSA) is 325 Å². The van der Waals surface area contributed by atoms with Gasteiger partial charge in [0.2, 0.25) is 47.3 Å². The number of aromatic amines is 1. The molecule has 6 atom stereocenters. The van der Waals surface area contributed by atoms with E-state index in [-0.39, 0.29) is 12.3 Å². The van der Waals surface area contributed by atoms with Crippen LogP contribution in [0.15, 0.2) is 12.5 Å². The van der Waals surface area contributed by atoms with Crippen molar-refractivity contribution in [2.45, 2.75) is 84.6 Å². The SMILES string of the molecule is CC[C@H](C)[C@H](NC(=O)[C@H](C)NC(=O)CNC(=O)[C@@H](N)Cc1cnc[nH]1)C(=O)NCC(=O)NCC(=O)N[C@@H](C)C(=O)NCC(=O)N[C@H](C(=O)O)C(C)C. The number of imidazole rings is 1. The van der Waals surface area contributed by atoms with Crippen LogP contribution in [0, 0.1) is 11.8 Å². The third-order valence-corrected chi connectivity index (χ3v) is 7.63. The Bertz CT molecular complexity index is 1420. The maximum atomic E-state index is 12.9. The van der Waals surface area contributed by atoms with Gasteiger partial charge < -0.3 is 58.4 Å². The highest BCUT2D eigenvalue weighted by molar-refractivity contribution is 5.95. The van der Waals surface area contributed by atoms with Crippen LogP contribution in [0.3, 0.4) is 0 Å². The van der Waals surface area contributed by atoms with Crippen molar-refractivity contribution in [3.05, 3.63) is 18.2 Å². The van der Waals surface area contributed by atoms with Crippen LogP contribution in [0.5, 0.6) is 0 Å². The van der Waals surface area contributed by atoms with Gasteiger partial charge in [-0.3, -0.25) is 38.4 Å². The average Bonchev–Trinajstić information content (AvgIpc) is 3.60. The van der Waals surface area contributed by atoms with Crippen molar-refractivity contribution in [1.82, 2.24) is 52.5 Å². The molecule has 1 aromatic heterocycles. The predicted octanol–water partition coefficient (Wildman–Crippen LogP) is -4.49. The normalized spacial score (nSPS) is 14.2. The van der Waals surface area contributed by atoms with Gasteiger partial charge in [0.1, 0.15) is 24.2 Å². The summed E-state index contributed by atoms with van der Waals surface area (Å²) in [6, 6.07) is -5.38. The monoisotopic (exact) mass is 737 g/mol. The lowest BCUT2D eigenvalue weighted by Crippen LogP contribution is -2.56. The van der Waals surface area contributed by atoms with E-state index in [0.717, 1.165) is 0 Å². The Labute approximate surface area is 300 Å². The molecule has 0 aliphatic rings. The summed E-state index contributed by atoms with van der Waals surface area (Å²) in [7, 11) is 0. The quantitative estimate of drug-likeness (QED) is 0.0537. The molecule has 12 N–H and O–H groups in total. The average molecular weight is 738 g/mol. The summed E-state index contributed by atoms with van der Waals surface area (Å²) in [5, 5.41) is 28.1. The first kappa shape index (κ1) is 44.4. The van der Waals surface area contributed by atoms with Crippen LogP contribution in [0.1, 0.15) is 53.7 Å². The Hall–Kier alpha value is -5.60. The molecule has 0 radical (unpaired) electrons. The molecule has 0 spiro atoms. The molecule has 1 aromatic rings. The predicted molar refractivity (Wildman–Crippen MR) is 183 cm³/mol. The van der Waals surface area contributed by atoms with Crippen LogP contribution >= 0.6 is 0 Å². The maximum absolute atomic E-state index is 12.9. The highest BCUT2D eigenvalue weighted by atomic mass is 16.4. The number of rotatable bonds is 22. The van der Waals surface area contributed by atoms with Gasteiger partial charge in [-0.25, -0.2) is 9.78 Å². The minimum absolute atomic E-state index is 0.172. The number of carboxylic acids is 1. The molecule has 52 heavy (non-hydrogen) atoms. The van der Waals surface area contributed by atoms with Crippen molar-refractivity contribution in [3.63, 3.8) is 0 Å². The zero-order chi connectivity index (χ0) is 39.5. The van der Waals surface area contributed by atoms with Gasteiger partial charge in [-0.15, -0.1) is 0 Å². The van der Waals surface area contributed by atoms with Crippen molar-refractivity contribution >= 4 is 53.2 Å². The van der Waals surface area contributed by atoms with Gasteiger partial charge in [-0.2, -0.15) is 0 Å². The van der Waals surface area contributed by atoms with Crippen LogP contribution < -0.4 is 48.3 Å². The number of amides is 8. The van der Waals surface area contributed by atoms with E-state index < -0.39 is 116 Å². The number of hydrogen-bond donors (Lipinski definition) is 11. The van der Waals surface area contributed by atoms with Crippen molar-refractivity contribution in [1.29, 1.82) is 0 Å². The molecule has 1 heterocycles. The van der Waals surface area contributed by atoms with E-state index in [4.69, 9.17) is 10.8 Å². The van der Waals surface area contributed by atoms with Crippen LogP contribution in [-0.2, 0) is 49.6 Å². The Morgan fingerprint density at radius 2 is 1.17 bits per heavy atom. The molecule has 21 nitrogen and oxygen atoms in total. The summed E-state index contributed by atoms with van der Waals surface area (Å²) in [5.74, 6) is -7.64. The second kappa shape index (κ2) is 22.3. The molecule has 290 valence electrons. The number of hydrogen-bond acceptors (Lipinski definition) is 11. The van der Waals surface area contributed by atoms with Crippen LogP contribution in [0.2, 0.25) is 0 Å². The molecular weight excluding hydrogens is 686 g/mol. The second-order valence-electron chi connectivity index (χ2n) is 12.4. The zero-order valence-corrected chi connectivity index (χ0v) is 30.1. The molecule has 0 saturated heterocycles. The van der Waals surface area contributed by atoms with Gasteiger partial charge in [0.05, 0.1) is 38.5 Å². The summed E-state index contributed by atoms with van der Waals surface area (Å²) in [5.41, 5.74) is 6.47. The van der Waals surface area contributed by atoms with Gasteiger partial charge in [0.15, 0.2) is 0 Å². The van der Waals surface area contributed by atoms with Crippen molar-refractivity contribution < 1.29 is 48.3 Å².